The maximum absolute atomic E-state index is 13.2. The minimum Gasteiger partial charge on any atom is -0.320 e. The first kappa shape index (κ1) is 24.5. The molecule has 0 aliphatic rings. The summed E-state index contributed by atoms with van der Waals surface area (Å²) in [7, 11) is 0. The Bertz CT molecular complexity index is 1500. The molecule has 1 aromatic heterocycles. The van der Waals surface area contributed by atoms with Crippen LogP contribution in [0, 0.1) is 20.8 Å². The van der Waals surface area contributed by atoms with E-state index in [0.29, 0.717) is 31.8 Å². The van der Waals surface area contributed by atoms with Crippen molar-refractivity contribution in [3.8, 4) is 0 Å². The summed E-state index contributed by atoms with van der Waals surface area (Å²) in [5, 5.41) is 6.55. The van der Waals surface area contributed by atoms with Gasteiger partial charge in [-0.15, -0.1) is 0 Å². The second kappa shape index (κ2) is 9.93. The highest BCUT2D eigenvalue weighted by molar-refractivity contribution is 9.10. The number of fused-ring (bicyclic) bond motifs is 1. The SMILES string of the molecule is Cc1ccc(NC(=O)C(=O)Nn2c(C(=O)Nc3ccc(C)cc3Br)cc3cc(Cl)ccc32)c(C)c1. The van der Waals surface area contributed by atoms with Gasteiger partial charge in [0.1, 0.15) is 5.69 Å². The zero-order valence-electron chi connectivity index (χ0n) is 19.2. The van der Waals surface area contributed by atoms with Gasteiger partial charge in [-0.25, -0.2) is 4.68 Å². The van der Waals surface area contributed by atoms with Crippen molar-refractivity contribution in [2.75, 3.05) is 16.1 Å². The molecule has 0 atom stereocenters. The Morgan fingerprint density at radius 3 is 2.17 bits per heavy atom. The van der Waals surface area contributed by atoms with Crippen LogP contribution in [0.4, 0.5) is 11.4 Å². The number of nitrogens with zero attached hydrogens (tertiary/aromatic N) is 1. The molecule has 4 rings (SSSR count). The average Bonchev–Trinajstić information content (AvgIpc) is 3.14. The smallest absolute Gasteiger partial charge is 0.320 e. The second-order valence-electron chi connectivity index (χ2n) is 8.22. The minimum absolute atomic E-state index is 0.127. The second-order valence-corrected chi connectivity index (χ2v) is 9.51. The van der Waals surface area contributed by atoms with Gasteiger partial charge in [-0.3, -0.25) is 19.8 Å². The molecule has 0 aliphatic carbocycles. The van der Waals surface area contributed by atoms with E-state index in [1.54, 1.807) is 36.4 Å². The van der Waals surface area contributed by atoms with Gasteiger partial charge in [-0.1, -0.05) is 35.4 Å². The van der Waals surface area contributed by atoms with E-state index in [-0.39, 0.29) is 5.69 Å². The van der Waals surface area contributed by atoms with Crippen LogP contribution in [0.25, 0.3) is 10.9 Å². The summed E-state index contributed by atoms with van der Waals surface area (Å²) >= 11 is 9.58. The molecule has 3 N–H and O–H groups in total. The fourth-order valence-corrected chi connectivity index (χ4v) is 4.44. The zero-order chi connectivity index (χ0) is 25.3. The van der Waals surface area contributed by atoms with Gasteiger partial charge in [-0.2, -0.15) is 0 Å². The lowest BCUT2D eigenvalue weighted by Gasteiger charge is -2.14. The minimum atomic E-state index is -0.928. The van der Waals surface area contributed by atoms with Crippen molar-refractivity contribution < 1.29 is 14.4 Å². The topological polar surface area (TPSA) is 92.2 Å². The Hall–Kier alpha value is -3.62. The Labute approximate surface area is 215 Å². The first-order valence-corrected chi connectivity index (χ1v) is 11.9. The molecule has 178 valence electrons. The average molecular weight is 554 g/mol. The molecular weight excluding hydrogens is 532 g/mol. The number of hydrogen-bond donors (Lipinski definition) is 3. The normalized spacial score (nSPS) is 10.8. The van der Waals surface area contributed by atoms with Crippen LogP contribution < -0.4 is 16.1 Å². The third-order valence-electron chi connectivity index (χ3n) is 5.42. The summed E-state index contributed by atoms with van der Waals surface area (Å²) < 4.78 is 2.00. The predicted molar refractivity (Wildman–Crippen MR) is 143 cm³/mol. The molecule has 0 saturated heterocycles. The summed E-state index contributed by atoms with van der Waals surface area (Å²) in [6.07, 6.45) is 0. The van der Waals surface area contributed by atoms with Gasteiger partial charge in [0.2, 0.25) is 0 Å². The third kappa shape index (κ3) is 5.39. The Morgan fingerprint density at radius 2 is 1.49 bits per heavy atom. The molecular formula is C26H22BrClN4O3. The molecule has 3 aromatic carbocycles. The molecule has 0 spiro atoms. The molecule has 0 fully saturated rings. The Kier molecular flexibility index (Phi) is 6.95. The number of carbonyl (C=O) groups excluding carboxylic acids is 3. The van der Waals surface area contributed by atoms with Gasteiger partial charge in [0, 0.05) is 20.6 Å². The van der Waals surface area contributed by atoms with Crippen LogP contribution in [-0.4, -0.2) is 22.4 Å². The number of halogens is 2. The number of aromatic nitrogens is 1. The molecule has 1 heterocycles. The zero-order valence-corrected chi connectivity index (χ0v) is 21.5. The fourth-order valence-electron chi connectivity index (χ4n) is 3.67. The van der Waals surface area contributed by atoms with E-state index in [4.69, 9.17) is 11.6 Å². The maximum Gasteiger partial charge on any atom is 0.328 e. The first-order chi connectivity index (χ1) is 16.6. The maximum atomic E-state index is 13.2. The lowest BCUT2D eigenvalue weighted by atomic mass is 10.1. The molecule has 0 unspecified atom stereocenters. The summed E-state index contributed by atoms with van der Waals surface area (Å²) in [5.74, 6) is -2.26. The third-order valence-corrected chi connectivity index (χ3v) is 6.31. The predicted octanol–water partition coefficient (Wildman–Crippen LogP) is 5.94. The fraction of sp³-hybridized carbons (Fsp3) is 0.115. The first-order valence-electron chi connectivity index (χ1n) is 10.7. The highest BCUT2D eigenvalue weighted by Crippen LogP contribution is 2.26. The standard InChI is InChI=1S/C26H22BrClN4O3/c1-14-4-7-20(16(3)10-14)29-25(34)26(35)31-32-22-9-6-18(28)12-17(22)13-23(32)24(33)30-21-8-5-15(2)11-19(21)27/h4-13H,1-3H3,(H,29,34)(H,30,33)(H,31,35). The van der Waals surface area contributed by atoms with Gasteiger partial charge < -0.3 is 10.6 Å². The van der Waals surface area contributed by atoms with Crippen LogP contribution >= 0.6 is 27.5 Å². The summed E-state index contributed by atoms with van der Waals surface area (Å²) in [5.41, 5.74) is 7.17. The van der Waals surface area contributed by atoms with Crippen molar-refractivity contribution >= 4 is 67.5 Å². The monoisotopic (exact) mass is 552 g/mol. The number of anilines is 2. The van der Waals surface area contributed by atoms with Crippen LogP contribution in [0.15, 0.2) is 65.1 Å². The van der Waals surface area contributed by atoms with E-state index in [0.717, 1.165) is 16.7 Å². The molecule has 0 saturated carbocycles. The number of benzene rings is 3. The number of nitrogens with one attached hydrogen (secondary N) is 3. The van der Waals surface area contributed by atoms with E-state index in [2.05, 4.69) is 32.0 Å². The van der Waals surface area contributed by atoms with Crippen LogP contribution in [-0.2, 0) is 9.59 Å². The van der Waals surface area contributed by atoms with E-state index in [9.17, 15) is 14.4 Å². The van der Waals surface area contributed by atoms with Gasteiger partial charge >= 0.3 is 11.8 Å². The molecule has 9 heteroatoms. The van der Waals surface area contributed by atoms with Gasteiger partial charge in [0.25, 0.3) is 5.91 Å². The molecule has 3 amide bonds. The van der Waals surface area contributed by atoms with Crippen LogP contribution in [0.2, 0.25) is 5.02 Å². The van der Waals surface area contributed by atoms with E-state index in [1.165, 1.54) is 4.68 Å². The Balaban J connectivity index is 1.64. The van der Waals surface area contributed by atoms with E-state index >= 15 is 0 Å². The van der Waals surface area contributed by atoms with Gasteiger partial charge in [0.15, 0.2) is 0 Å². The number of rotatable bonds is 4. The Morgan fingerprint density at radius 1 is 0.800 bits per heavy atom. The van der Waals surface area contributed by atoms with Crippen molar-refractivity contribution in [1.29, 1.82) is 0 Å². The molecule has 4 aromatic rings. The number of amides is 3. The summed E-state index contributed by atoms with van der Waals surface area (Å²) in [6.45, 7) is 5.72. The summed E-state index contributed by atoms with van der Waals surface area (Å²) in [4.78, 5) is 38.7. The molecule has 7 nitrogen and oxygen atoms in total. The van der Waals surface area contributed by atoms with Crippen molar-refractivity contribution in [3.63, 3.8) is 0 Å². The van der Waals surface area contributed by atoms with Crippen molar-refractivity contribution in [2.45, 2.75) is 20.8 Å². The quantitative estimate of drug-likeness (QED) is 0.273. The van der Waals surface area contributed by atoms with Crippen molar-refractivity contribution in [3.05, 3.63) is 92.5 Å². The van der Waals surface area contributed by atoms with Gasteiger partial charge in [-0.05, 0) is 90.3 Å². The molecule has 0 bridgehead atoms. The van der Waals surface area contributed by atoms with Crippen LogP contribution in [0.5, 0.6) is 0 Å². The molecule has 35 heavy (non-hydrogen) atoms. The number of aryl methyl sites for hydroxylation is 3. The van der Waals surface area contributed by atoms with Gasteiger partial charge in [0.05, 0.1) is 11.2 Å². The van der Waals surface area contributed by atoms with Crippen LogP contribution in [0.3, 0.4) is 0 Å². The lowest BCUT2D eigenvalue weighted by Crippen LogP contribution is -2.36. The summed E-state index contributed by atoms with van der Waals surface area (Å²) in [6, 6.07) is 17.6. The van der Waals surface area contributed by atoms with Crippen LogP contribution in [0.1, 0.15) is 27.2 Å². The highest BCUT2D eigenvalue weighted by atomic mass is 79.9. The van der Waals surface area contributed by atoms with E-state index in [1.807, 2.05) is 45.0 Å². The lowest BCUT2D eigenvalue weighted by molar-refractivity contribution is -0.133. The van der Waals surface area contributed by atoms with Crippen molar-refractivity contribution in [2.24, 2.45) is 0 Å². The number of carbonyl (C=O) groups is 3. The van der Waals surface area contributed by atoms with E-state index < -0.39 is 17.7 Å². The molecule has 0 aliphatic heterocycles. The molecule has 0 radical (unpaired) electrons. The largest absolute Gasteiger partial charge is 0.328 e. The number of hydrogen-bond acceptors (Lipinski definition) is 3. The van der Waals surface area contributed by atoms with Crippen molar-refractivity contribution in [1.82, 2.24) is 4.68 Å². The highest BCUT2D eigenvalue weighted by Gasteiger charge is 2.22.